The molecule has 0 aromatic heterocycles. The summed E-state index contributed by atoms with van der Waals surface area (Å²) >= 11 is 0. The van der Waals surface area contributed by atoms with Crippen LogP contribution in [0.25, 0.3) is 10.8 Å². The average molecular weight is 334 g/mol. The summed E-state index contributed by atoms with van der Waals surface area (Å²) < 4.78 is 0. The predicted molar refractivity (Wildman–Crippen MR) is 104 cm³/mol. The topological polar surface area (TPSA) is 58.3 Å². The van der Waals surface area contributed by atoms with Gasteiger partial charge in [-0.25, -0.2) is 0 Å². The fraction of sp³-hybridized carbons (Fsp3) is 0.273. The molecule has 0 bridgehead atoms. The maximum Gasteiger partial charge on any atom is 0.0818 e. The van der Waals surface area contributed by atoms with Crippen LogP contribution in [-0.4, -0.2) is 23.8 Å². The van der Waals surface area contributed by atoms with E-state index in [1.807, 2.05) is 36.4 Å². The molecule has 3 rings (SSSR count). The van der Waals surface area contributed by atoms with Gasteiger partial charge in [-0.05, 0) is 41.3 Å². The minimum atomic E-state index is -0.580. The summed E-state index contributed by atoms with van der Waals surface area (Å²) in [4.78, 5) is 0. The lowest BCUT2D eigenvalue weighted by Crippen LogP contribution is -2.43. The molecule has 0 saturated heterocycles. The maximum atomic E-state index is 10.4. The molecule has 3 aromatic carbocycles. The van der Waals surface area contributed by atoms with Crippen molar-refractivity contribution >= 4 is 10.8 Å². The molecular weight excluding hydrogens is 308 g/mol. The van der Waals surface area contributed by atoms with Gasteiger partial charge >= 0.3 is 0 Å². The summed E-state index contributed by atoms with van der Waals surface area (Å²) in [6, 6.07) is 24.7. The van der Waals surface area contributed by atoms with Crippen molar-refractivity contribution in [2.24, 2.45) is 5.73 Å². The number of aliphatic hydroxyl groups excluding tert-OH is 1. The second kappa shape index (κ2) is 8.26. The van der Waals surface area contributed by atoms with Gasteiger partial charge < -0.3 is 16.2 Å². The molecule has 3 heteroatoms. The number of hydrogen-bond acceptors (Lipinski definition) is 3. The lowest BCUT2D eigenvalue weighted by Gasteiger charge is -2.22. The molecule has 0 unspecified atom stereocenters. The van der Waals surface area contributed by atoms with Crippen molar-refractivity contribution in [3.63, 3.8) is 0 Å². The van der Waals surface area contributed by atoms with E-state index in [0.717, 1.165) is 5.56 Å². The van der Waals surface area contributed by atoms with Gasteiger partial charge in [0.05, 0.1) is 6.10 Å². The highest BCUT2D eigenvalue weighted by Gasteiger charge is 2.16. The van der Waals surface area contributed by atoms with E-state index in [2.05, 4.69) is 48.6 Å². The summed E-state index contributed by atoms with van der Waals surface area (Å²) in [5, 5.41) is 16.2. The van der Waals surface area contributed by atoms with Gasteiger partial charge in [0.2, 0.25) is 0 Å². The summed E-state index contributed by atoms with van der Waals surface area (Å²) in [6.45, 7) is 2.58. The van der Waals surface area contributed by atoms with Crippen LogP contribution in [0.1, 0.15) is 24.1 Å². The van der Waals surface area contributed by atoms with E-state index in [-0.39, 0.29) is 12.1 Å². The highest BCUT2D eigenvalue weighted by Crippen LogP contribution is 2.20. The molecule has 4 N–H and O–H groups in total. The molecule has 0 amide bonds. The fourth-order valence-electron chi connectivity index (χ4n) is 3.07. The number of fused-ring (bicyclic) bond motifs is 1. The Balaban J connectivity index is 1.56. The highest BCUT2D eigenvalue weighted by atomic mass is 16.3. The molecule has 0 radical (unpaired) electrons. The van der Waals surface area contributed by atoms with Gasteiger partial charge in [0.25, 0.3) is 0 Å². The van der Waals surface area contributed by atoms with Crippen molar-refractivity contribution in [1.82, 2.24) is 5.32 Å². The Bertz CT molecular complexity index is 803. The first kappa shape index (κ1) is 17.6. The zero-order valence-electron chi connectivity index (χ0n) is 14.6. The number of aliphatic hydroxyl groups is 1. The summed E-state index contributed by atoms with van der Waals surface area (Å²) in [6.07, 6.45) is 0.0942. The molecule has 0 aliphatic carbocycles. The molecule has 3 atom stereocenters. The zero-order valence-corrected chi connectivity index (χ0v) is 14.6. The molecule has 3 aromatic rings. The third kappa shape index (κ3) is 4.67. The first-order valence-corrected chi connectivity index (χ1v) is 8.83. The van der Waals surface area contributed by atoms with Gasteiger partial charge in [-0.15, -0.1) is 0 Å². The van der Waals surface area contributed by atoms with Gasteiger partial charge in [0.1, 0.15) is 0 Å². The Morgan fingerprint density at radius 3 is 2.36 bits per heavy atom. The van der Waals surface area contributed by atoms with Gasteiger partial charge in [-0.2, -0.15) is 0 Å². The lowest BCUT2D eigenvalue weighted by atomic mass is 10.0. The largest absolute Gasteiger partial charge is 0.390 e. The van der Waals surface area contributed by atoms with Crippen molar-refractivity contribution in [3.05, 3.63) is 83.9 Å². The molecule has 0 saturated carbocycles. The SMILES string of the molecule is C[C@H](NC[C@@H](O)[C@@H](N)Cc1ccccc1)c1ccc2ccccc2c1. The molecule has 0 spiro atoms. The van der Waals surface area contributed by atoms with E-state index in [0.29, 0.717) is 13.0 Å². The minimum absolute atomic E-state index is 0.156. The Hall–Kier alpha value is -2.20. The van der Waals surface area contributed by atoms with Crippen LogP contribution >= 0.6 is 0 Å². The third-order valence-corrected chi connectivity index (χ3v) is 4.72. The zero-order chi connectivity index (χ0) is 17.6. The number of rotatable bonds is 7. The van der Waals surface area contributed by atoms with E-state index in [9.17, 15) is 5.11 Å². The van der Waals surface area contributed by atoms with Gasteiger partial charge in [-0.1, -0.05) is 66.7 Å². The van der Waals surface area contributed by atoms with Crippen LogP contribution in [0.5, 0.6) is 0 Å². The Kier molecular flexibility index (Phi) is 5.82. The first-order valence-electron chi connectivity index (χ1n) is 8.83. The van der Waals surface area contributed by atoms with Crippen molar-refractivity contribution in [1.29, 1.82) is 0 Å². The van der Waals surface area contributed by atoms with E-state index in [1.54, 1.807) is 0 Å². The normalized spacial score (nSPS) is 15.0. The van der Waals surface area contributed by atoms with Gasteiger partial charge in [0.15, 0.2) is 0 Å². The fourth-order valence-corrected chi connectivity index (χ4v) is 3.07. The maximum absolute atomic E-state index is 10.4. The molecule has 0 heterocycles. The molecule has 0 aliphatic heterocycles. The summed E-state index contributed by atoms with van der Waals surface area (Å²) in [5.74, 6) is 0. The van der Waals surface area contributed by atoms with Crippen LogP contribution in [0.4, 0.5) is 0 Å². The first-order chi connectivity index (χ1) is 12.1. The van der Waals surface area contributed by atoms with E-state index in [4.69, 9.17) is 5.73 Å². The summed E-state index contributed by atoms with van der Waals surface area (Å²) in [7, 11) is 0. The quantitative estimate of drug-likeness (QED) is 0.620. The van der Waals surface area contributed by atoms with Crippen molar-refractivity contribution in [2.75, 3.05) is 6.54 Å². The molecule has 0 fully saturated rings. The van der Waals surface area contributed by atoms with Crippen LogP contribution in [0, 0.1) is 0 Å². The number of nitrogens with one attached hydrogen (secondary N) is 1. The van der Waals surface area contributed by atoms with Crippen LogP contribution in [0.15, 0.2) is 72.8 Å². The van der Waals surface area contributed by atoms with Crippen LogP contribution in [0.3, 0.4) is 0 Å². The molecule has 3 nitrogen and oxygen atoms in total. The number of benzene rings is 3. The third-order valence-electron chi connectivity index (χ3n) is 4.72. The second-order valence-corrected chi connectivity index (χ2v) is 6.66. The lowest BCUT2D eigenvalue weighted by molar-refractivity contribution is 0.138. The minimum Gasteiger partial charge on any atom is -0.390 e. The monoisotopic (exact) mass is 334 g/mol. The smallest absolute Gasteiger partial charge is 0.0818 e. The van der Waals surface area contributed by atoms with Gasteiger partial charge in [-0.3, -0.25) is 0 Å². The van der Waals surface area contributed by atoms with Crippen molar-refractivity contribution in [2.45, 2.75) is 31.5 Å². The Labute approximate surface area is 149 Å². The molecular formula is C22H26N2O. The van der Waals surface area contributed by atoms with Gasteiger partial charge in [0, 0.05) is 18.6 Å². The van der Waals surface area contributed by atoms with Crippen molar-refractivity contribution < 1.29 is 5.11 Å². The predicted octanol–water partition coefficient (Wildman–Crippen LogP) is 3.42. The van der Waals surface area contributed by atoms with Crippen LogP contribution in [0.2, 0.25) is 0 Å². The summed E-state index contributed by atoms with van der Waals surface area (Å²) in [5.41, 5.74) is 8.52. The van der Waals surface area contributed by atoms with E-state index < -0.39 is 6.10 Å². The molecule has 25 heavy (non-hydrogen) atoms. The van der Waals surface area contributed by atoms with Crippen LogP contribution in [-0.2, 0) is 6.42 Å². The Morgan fingerprint density at radius 1 is 0.920 bits per heavy atom. The van der Waals surface area contributed by atoms with Crippen molar-refractivity contribution in [3.8, 4) is 0 Å². The number of nitrogens with two attached hydrogens (primary N) is 1. The molecule has 0 aliphatic rings. The molecule has 130 valence electrons. The van der Waals surface area contributed by atoms with E-state index >= 15 is 0 Å². The van der Waals surface area contributed by atoms with E-state index in [1.165, 1.54) is 16.3 Å². The van der Waals surface area contributed by atoms with Crippen LogP contribution < -0.4 is 11.1 Å². The standard InChI is InChI=1S/C22H26N2O/c1-16(19-12-11-18-9-5-6-10-20(18)14-19)24-15-22(25)21(23)13-17-7-3-2-4-8-17/h2-12,14,16,21-22,24-25H,13,15,23H2,1H3/t16-,21-,22+/m0/s1. The average Bonchev–Trinajstić information content (AvgIpc) is 2.66. The second-order valence-electron chi connectivity index (χ2n) is 6.66. The number of hydrogen-bond donors (Lipinski definition) is 3. The Morgan fingerprint density at radius 2 is 1.60 bits per heavy atom. The highest BCUT2D eigenvalue weighted by molar-refractivity contribution is 5.83.